The number of likely N-dealkylation sites (tertiary alicyclic amines) is 1. The number of carboxylic acids is 1. The number of piperidine rings is 2. The second-order valence-electron chi connectivity index (χ2n) is 5.83. The predicted octanol–water partition coefficient (Wildman–Crippen LogP) is 1.09. The highest BCUT2D eigenvalue weighted by Crippen LogP contribution is 2.34. The minimum absolute atomic E-state index is 0.0858. The van der Waals surface area contributed by atoms with Gasteiger partial charge in [-0.2, -0.15) is 0 Å². The van der Waals surface area contributed by atoms with Crippen molar-refractivity contribution in [2.24, 2.45) is 11.3 Å². The Labute approximate surface area is 114 Å². The minimum atomic E-state index is -0.752. The quantitative estimate of drug-likeness (QED) is 0.804. The fraction of sp³-hybridized carbons (Fsp3) is 0.857. The lowest BCUT2D eigenvalue weighted by molar-refractivity contribution is -0.156. The molecule has 0 aromatic rings. The number of amides is 1. The van der Waals surface area contributed by atoms with Crippen molar-refractivity contribution in [1.29, 1.82) is 0 Å². The van der Waals surface area contributed by atoms with E-state index in [4.69, 9.17) is 0 Å². The molecule has 2 aliphatic rings. The Kier molecular flexibility index (Phi) is 4.45. The molecule has 0 aromatic heterocycles. The van der Waals surface area contributed by atoms with Crippen LogP contribution in [0.25, 0.3) is 0 Å². The summed E-state index contributed by atoms with van der Waals surface area (Å²) >= 11 is 0. The molecule has 1 atom stereocenters. The molecule has 2 fully saturated rings. The third kappa shape index (κ3) is 2.91. The molecule has 19 heavy (non-hydrogen) atoms. The Bertz CT molecular complexity index is 353. The zero-order chi connectivity index (χ0) is 13.9. The zero-order valence-electron chi connectivity index (χ0n) is 11.7. The van der Waals surface area contributed by atoms with Crippen LogP contribution in [0.2, 0.25) is 0 Å². The lowest BCUT2D eigenvalue weighted by Crippen LogP contribution is -2.52. The SMILES string of the molecule is CCC1(C(=O)O)CCCN(C(=O)C2CCNCC2)C1. The second kappa shape index (κ2) is 5.90. The summed E-state index contributed by atoms with van der Waals surface area (Å²) in [7, 11) is 0. The molecule has 0 radical (unpaired) electrons. The number of aliphatic carboxylic acids is 1. The topological polar surface area (TPSA) is 69.6 Å². The van der Waals surface area contributed by atoms with Crippen LogP contribution in [0, 0.1) is 11.3 Å². The van der Waals surface area contributed by atoms with Crippen LogP contribution in [0.3, 0.4) is 0 Å². The first-order valence-electron chi connectivity index (χ1n) is 7.32. The Hall–Kier alpha value is -1.10. The molecule has 5 nitrogen and oxygen atoms in total. The van der Waals surface area contributed by atoms with Gasteiger partial charge in [0.2, 0.25) is 5.91 Å². The number of carbonyl (C=O) groups is 2. The Morgan fingerprint density at radius 1 is 1.37 bits per heavy atom. The molecule has 108 valence electrons. The van der Waals surface area contributed by atoms with Crippen molar-refractivity contribution in [3.8, 4) is 0 Å². The average Bonchev–Trinajstić information content (AvgIpc) is 2.47. The lowest BCUT2D eigenvalue weighted by atomic mass is 9.77. The first-order valence-corrected chi connectivity index (χ1v) is 7.32. The first kappa shape index (κ1) is 14.3. The van der Waals surface area contributed by atoms with Gasteiger partial charge in [-0.3, -0.25) is 9.59 Å². The van der Waals surface area contributed by atoms with Crippen LogP contribution in [-0.2, 0) is 9.59 Å². The summed E-state index contributed by atoms with van der Waals surface area (Å²) in [6.45, 7) is 4.80. The summed E-state index contributed by atoms with van der Waals surface area (Å²) in [5.41, 5.74) is -0.721. The maximum absolute atomic E-state index is 12.5. The van der Waals surface area contributed by atoms with E-state index >= 15 is 0 Å². The second-order valence-corrected chi connectivity index (χ2v) is 5.83. The van der Waals surface area contributed by atoms with Gasteiger partial charge in [0.25, 0.3) is 0 Å². The summed E-state index contributed by atoms with van der Waals surface area (Å²) in [6.07, 6.45) is 3.84. The molecule has 2 rings (SSSR count). The molecule has 0 aliphatic carbocycles. The van der Waals surface area contributed by atoms with E-state index < -0.39 is 11.4 Å². The largest absolute Gasteiger partial charge is 0.481 e. The van der Waals surface area contributed by atoms with E-state index in [1.165, 1.54) is 0 Å². The van der Waals surface area contributed by atoms with Crippen LogP contribution >= 0.6 is 0 Å². The first-order chi connectivity index (χ1) is 9.09. The van der Waals surface area contributed by atoms with Crippen LogP contribution < -0.4 is 5.32 Å². The van der Waals surface area contributed by atoms with Gasteiger partial charge in [-0.05, 0) is 45.2 Å². The molecule has 0 saturated carbocycles. The van der Waals surface area contributed by atoms with Crippen molar-refractivity contribution >= 4 is 11.9 Å². The van der Waals surface area contributed by atoms with Crippen LogP contribution in [-0.4, -0.2) is 48.1 Å². The maximum Gasteiger partial charge on any atom is 0.311 e. The minimum Gasteiger partial charge on any atom is -0.481 e. The molecule has 2 heterocycles. The number of nitrogens with zero attached hydrogens (tertiary/aromatic N) is 1. The van der Waals surface area contributed by atoms with Crippen molar-refractivity contribution in [2.45, 2.75) is 39.0 Å². The molecule has 0 aromatic carbocycles. The van der Waals surface area contributed by atoms with Crippen molar-refractivity contribution in [2.75, 3.05) is 26.2 Å². The average molecular weight is 268 g/mol. The number of hydrogen-bond acceptors (Lipinski definition) is 3. The number of carboxylic acid groups (broad SMARTS) is 1. The molecular weight excluding hydrogens is 244 g/mol. The van der Waals surface area contributed by atoms with Crippen LogP contribution in [0.15, 0.2) is 0 Å². The normalized spacial score (nSPS) is 29.2. The summed E-state index contributed by atoms with van der Waals surface area (Å²) in [5.74, 6) is -0.499. The molecule has 2 N–H and O–H groups in total. The van der Waals surface area contributed by atoms with E-state index in [9.17, 15) is 14.7 Å². The van der Waals surface area contributed by atoms with Crippen molar-refractivity contribution in [3.63, 3.8) is 0 Å². The standard InChI is InChI=1S/C14H24N2O3/c1-2-14(13(18)19)6-3-9-16(10-14)12(17)11-4-7-15-8-5-11/h11,15H,2-10H2,1H3,(H,18,19). The van der Waals surface area contributed by atoms with Gasteiger partial charge in [0.15, 0.2) is 0 Å². The summed E-state index contributed by atoms with van der Waals surface area (Å²) in [6, 6.07) is 0. The van der Waals surface area contributed by atoms with E-state index in [1.807, 2.05) is 6.92 Å². The van der Waals surface area contributed by atoms with Crippen LogP contribution in [0.4, 0.5) is 0 Å². The molecule has 2 saturated heterocycles. The van der Waals surface area contributed by atoms with Gasteiger partial charge in [-0.15, -0.1) is 0 Å². The Morgan fingerprint density at radius 2 is 2.05 bits per heavy atom. The summed E-state index contributed by atoms with van der Waals surface area (Å²) < 4.78 is 0. The van der Waals surface area contributed by atoms with E-state index in [0.29, 0.717) is 19.4 Å². The molecular formula is C14H24N2O3. The van der Waals surface area contributed by atoms with Gasteiger partial charge in [0.05, 0.1) is 5.41 Å². The Morgan fingerprint density at radius 3 is 2.63 bits per heavy atom. The van der Waals surface area contributed by atoms with Gasteiger partial charge < -0.3 is 15.3 Å². The summed E-state index contributed by atoms with van der Waals surface area (Å²) in [4.78, 5) is 25.8. The van der Waals surface area contributed by atoms with Crippen LogP contribution in [0.5, 0.6) is 0 Å². The van der Waals surface area contributed by atoms with E-state index in [1.54, 1.807) is 4.90 Å². The highest BCUT2D eigenvalue weighted by molar-refractivity contribution is 5.81. The van der Waals surface area contributed by atoms with E-state index in [-0.39, 0.29) is 11.8 Å². The van der Waals surface area contributed by atoms with Gasteiger partial charge in [-0.25, -0.2) is 0 Å². The smallest absolute Gasteiger partial charge is 0.311 e. The fourth-order valence-electron chi connectivity index (χ4n) is 3.26. The lowest BCUT2D eigenvalue weighted by Gasteiger charge is -2.41. The molecule has 1 unspecified atom stereocenters. The number of hydrogen-bond donors (Lipinski definition) is 2. The van der Waals surface area contributed by atoms with E-state index in [2.05, 4.69) is 5.32 Å². The maximum atomic E-state index is 12.5. The third-order valence-electron chi connectivity index (χ3n) is 4.71. The van der Waals surface area contributed by atoms with Crippen molar-refractivity contribution in [3.05, 3.63) is 0 Å². The van der Waals surface area contributed by atoms with Gasteiger partial charge in [0, 0.05) is 19.0 Å². The highest BCUT2D eigenvalue weighted by atomic mass is 16.4. The van der Waals surface area contributed by atoms with Gasteiger partial charge in [0.1, 0.15) is 0 Å². The predicted molar refractivity (Wildman–Crippen MR) is 71.8 cm³/mol. The monoisotopic (exact) mass is 268 g/mol. The Balaban J connectivity index is 2.03. The fourth-order valence-corrected chi connectivity index (χ4v) is 3.26. The van der Waals surface area contributed by atoms with E-state index in [0.717, 1.165) is 38.9 Å². The molecule has 0 spiro atoms. The number of rotatable bonds is 3. The molecule has 0 bridgehead atoms. The summed E-state index contributed by atoms with van der Waals surface area (Å²) in [5, 5.41) is 12.7. The molecule has 5 heteroatoms. The third-order valence-corrected chi connectivity index (χ3v) is 4.71. The molecule has 2 aliphatic heterocycles. The van der Waals surface area contributed by atoms with Gasteiger partial charge >= 0.3 is 5.97 Å². The van der Waals surface area contributed by atoms with Crippen molar-refractivity contribution in [1.82, 2.24) is 10.2 Å². The number of carbonyl (C=O) groups excluding carboxylic acids is 1. The number of nitrogens with one attached hydrogen (secondary N) is 1. The molecule has 1 amide bonds. The van der Waals surface area contributed by atoms with Crippen LogP contribution in [0.1, 0.15) is 39.0 Å². The van der Waals surface area contributed by atoms with Crippen molar-refractivity contribution < 1.29 is 14.7 Å². The zero-order valence-corrected chi connectivity index (χ0v) is 11.7. The highest BCUT2D eigenvalue weighted by Gasteiger charge is 2.43. The van der Waals surface area contributed by atoms with Gasteiger partial charge in [-0.1, -0.05) is 6.92 Å².